The van der Waals surface area contributed by atoms with Crippen LogP contribution in [0.25, 0.3) is 11.7 Å². The van der Waals surface area contributed by atoms with Crippen molar-refractivity contribution in [3.05, 3.63) is 30.1 Å². The molecule has 6 heteroatoms. The number of carbonyl (C=O) groups excluding carboxylic acids is 1. The molecule has 134 valence electrons. The van der Waals surface area contributed by atoms with Crippen LogP contribution in [0.15, 0.2) is 24.4 Å². The number of rotatable bonds is 9. The van der Waals surface area contributed by atoms with E-state index in [0.717, 1.165) is 56.1 Å². The number of allylic oxidation sites excluding steroid dienone is 1. The molecule has 0 saturated carbocycles. The van der Waals surface area contributed by atoms with E-state index in [1.807, 2.05) is 27.7 Å². The average molecular weight is 341 g/mol. The average Bonchev–Trinajstić information content (AvgIpc) is 3.22. The third-order valence-electron chi connectivity index (χ3n) is 4.48. The van der Waals surface area contributed by atoms with Crippen LogP contribution in [0, 0.1) is 0 Å². The summed E-state index contributed by atoms with van der Waals surface area (Å²) in [5.41, 5.74) is 1.85. The third kappa shape index (κ3) is 4.59. The van der Waals surface area contributed by atoms with Gasteiger partial charge in [0, 0.05) is 26.1 Å². The SMILES string of the molecule is CCCCC=Cc1cnc2ccc(NCCCN3CCCC3=O)nn12. The van der Waals surface area contributed by atoms with Gasteiger partial charge in [0.25, 0.3) is 0 Å². The first-order chi connectivity index (χ1) is 12.3. The lowest BCUT2D eigenvalue weighted by molar-refractivity contribution is -0.127. The van der Waals surface area contributed by atoms with Crippen molar-refractivity contribution in [2.24, 2.45) is 0 Å². The van der Waals surface area contributed by atoms with Gasteiger partial charge in [-0.3, -0.25) is 4.79 Å². The fraction of sp³-hybridized carbons (Fsp3) is 0.526. The van der Waals surface area contributed by atoms with Crippen LogP contribution < -0.4 is 5.32 Å². The van der Waals surface area contributed by atoms with Gasteiger partial charge in [-0.05, 0) is 37.5 Å². The molecule has 1 saturated heterocycles. The van der Waals surface area contributed by atoms with E-state index in [1.54, 1.807) is 0 Å². The first-order valence-corrected chi connectivity index (χ1v) is 9.31. The molecule has 1 fully saturated rings. The normalized spacial score (nSPS) is 14.9. The van der Waals surface area contributed by atoms with Crippen LogP contribution >= 0.6 is 0 Å². The van der Waals surface area contributed by atoms with E-state index in [9.17, 15) is 4.79 Å². The molecular formula is C19H27N5O. The maximum absolute atomic E-state index is 11.6. The van der Waals surface area contributed by atoms with Crippen LogP contribution in [0.2, 0.25) is 0 Å². The number of unbranched alkanes of at least 4 members (excludes halogenated alkanes) is 2. The second kappa shape index (κ2) is 8.65. The molecule has 0 unspecified atom stereocenters. The maximum atomic E-state index is 11.6. The first kappa shape index (κ1) is 17.5. The molecule has 3 heterocycles. The van der Waals surface area contributed by atoms with E-state index in [4.69, 9.17) is 0 Å². The highest BCUT2D eigenvalue weighted by Crippen LogP contribution is 2.12. The van der Waals surface area contributed by atoms with E-state index in [1.165, 1.54) is 12.8 Å². The molecule has 0 radical (unpaired) electrons. The van der Waals surface area contributed by atoms with Gasteiger partial charge in [0.15, 0.2) is 5.65 Å². The Kier molecular flexibility index (Phi) is 6.04. The number of fused-ring (bicyclic) bond motifs is 1. The number of amides is 1. The van der Waals surface area contributed by atoms with Gasteiger partial charge in [-0.15, -0.1) is 5.10 Å². The summed E-state index contributed by atoms with van der Waals surface area (Å²) in [6.45, 7) is 4.73. The molecule has 2 aromatic heterocycles. The van der Waals surface area contributed by atoms with Gasteiger partial charge in [-0.2, -0.15) is 0 Å². The van der Waals surface area contributed by atoms with Crippen LogP contribution in [0.3, 0.4) is 0 Å². The Labute approximate surface area is 148 Å². The lowest BCUT2D eigenvalue weighted by Crippen LogP contribution is -2.27. The zero-order chi connectivity index (χ0) is 17.5. The van der Waals surface area contributed by atoms with Crippen LogP contribution in [0.4, 0.5) is 5.82 Å². The van der Waals surface area contributed by atoms with Crippen molar-refractivity contribution in [3.8, 4) is 0 Å². The maximum Gasteiger partial charge on any atom is 0.222 e. The summed E-state index contributed by atoms with van der Waals surface area (Å²) in [6, 6.07) is 3.93. The molecule has 0 atom stereocenters. The number of nitrogens with one attached hydrogen (secondary N) is 1. The van der Waals surface area contributed by atoms with E-state index in [2.05, 4.69) is 34.5 Å². The highest BCUT2D eigenvalue weighted by Gasteiger charge is 2.18. The lowest BCUT2D eigenvalue weighted by Gasteiger charge is -2.15. The summed E-state index contributed by atoms with van der Waals surface area (Å²) in [4.78, 5) is 17.9. The molecule has 1 aliphatic heterocycles. The van der Waals surface area contributed by atoms with Gasteiger partial charge in [0.05, 0.1) is 11.9 Å². The number of carbonyl (C=O) groups is 1. The summed E-state index contributed by atoms with van der Waals surface area (Å²) < 4.78 is 1.87. The zero-order valence-electron chi connectivity index (χ0n) is 14.9. The Balaban J connectivity index is 1.54. The number of likely N-dealkylation sites (tertiary alicyclic amines) is 1. The predicted octanol–water partition coefficient (Wildman–Crippen LogP) is 3.36. The number of anilines is 1. The summed E-state index contributed by atoms with van der Waals surface area (Å²) in [7, 11) is 0. The number of nitrogens with zero attached hydrogens (tertiary/aromatic N) is 4. The minimum absolute atomic E-state index is 0.289. The van der Waals surface area contributed by atoms with Crippen molar-refractivity contribution in [1.82, 2.24) is 19.5 Å². The molecule has 0 spiro atoms. The Morgan fingerprint density at radius 1 is 1.32 bits per heavy atom. The highest BCUT2D eigenvalue weighted by atomic mass is 16.2. The minimum atomic E-state index is 0.289. The van der Waals surface area contributed by atoms with Crippen molar-refractivity contribution in [1.29, 1.82) is 0 Å². The zero-order valence-corrected chi connectivity index (χ0v) is 14.9. The topological polar surface area (TPSA) is 62.5 Å². The van der Waals surface area contributed by atoms with Gasteiger partial charge in [-0.1, -0.05) is 25.8 Å². The van der Waals surface area contributed by atoms with Crippen molar-refractivity contribution < 1.29 is 4.79 Å². The van der Waals surface area contributed by atoms with E-state index in [-0.39, 0.29) is 5.91 Å². The first-order valence-electron chi connectivity index (χ1n) is 9.31. The second-order valence-corrected chi connectivity index (χ2v) is 6.48. The van der Waals surface area contributed by atoms with Gasteiger partial charge in [0.2, 0.25) is 5.91 Å². The largest absolute Gasteiger partial charge is 0.369 e. The standard InChI is InChI=1S/C19H27N5O/c1-2-3-4-5-8-16-15-21-18-11-10-17(22-24(16)18)20-12-7-14-23-13-6-9-19(23)25/h5,8,10-11,15H,2-4,6-7,9,12-14H2,1H3,(H,20,22). The summed E-state index contributed by atoms with van der Waals surface area (Å²) >= 11 is 0. The molecular weight excluding hydrogens is 314 g/mol. The predicted molar refractivity (Wildman–Crippen MR) is 100 cm³/mol. The molecule has 0 aliphatic carbocycles. The van der Waals surface area contributed by atoms with Crippen LogP contribution in [-0.2, 0) is 4.79 Å². The number of hydrogen-bond donors (Lipinski definition) is 1. The summed E-state index contributed by atoms with van der Waals surface area (Å²) in [5, 5.41) is 7.98. The van der Waals surface area contributed by atoms with Crippen LogP contribution in [0.5, 0.6) is 0 Å². The van der Waals surface area contributed by atoms with Gasteiger partial charge < -0.3 is 10.2 Å². The quantitative estimate of drug-likeness (QED) is 0.711. The lowest BCUT2D eigenvalue weighted by atomic mass is 10.2. The van der Waals surface area contributed by atoms with Crippen molar-refractivity contribution in [2.45, 2.75) is 45.4 Å². The molecule has 25 heavy (non-hydrogen) atoms. The molecule has 1 amide bonds. The van der Waals surface area contributed by atoms with E-state index >= 15 is 0 Å². The molecule has 2 aromatic rings. The van der Waals surface area contributed by atoms with Crippen molar-refractivity contribution >= 4 is 23.4 Å². The van der Waals surface area contributed by atoms with Gasteiger partial charge >= 0.3 is 0 Å². The number of imidazole rings is 1. The van der Waals surface area contributed by atoms with Crippen LogP contribution in [0.1, 0.15) is 51.1 Å². The van der Waals surface area contributed by atoms with Crippen molar-refractivity contribution in [2.75, 3.05) is 25.0 Å². The fourth-order valence-corrected chi connectivity index (χ4v) is 3.05. The molecule has 1 aliphatic rings. The Morgan fingerprint density at radius 2 is 2.24 bits per heavy atom. The Bertz CT molecular complexity index is 736. The van der Waals surface area contributed by atoms with Crippen LogP contribution in [-0.4, -0.2) is 45.0 Å². The Morgan fingerprint density at radius 3 is 3.04 bits per heavy atom. The molecule has 1 N–H and O–H groups in total. The molecule has 6 nitrogen and oxygen atoms in total. The third-order valence-corrected chi connectivity index (χ3v) is 4.48. The highest BCUT2D eigenvalue weighted by molar-refractivity contribution is 5.78. The summed E-state index contributed by atoms with van der Waals surface area (Å²) in [5.74, 6) is 1.12. The van der Waals surface area contributed by atoms with Gasteiger partial charge in [0.1, 0.15) is 5.82 Å². The summed E-state index contributed by atoms with van der Waals surface area (Å²) in [6.07, 6.45) is 12.2. The van der Waals surface area contributed by atoms with E-state index in [0.29, 0.717) is 6.42 Å². The fourth-order valence-electron chi connectivity index (χ4n) is 3.05. The monoisotopic (exact) mass is 341 g/mol. The number of hydrogen-bond acceptors (Lipinski definition) is 4. The molecule has 0 bridgehead atoms. The second-order valence-electron chi connectivity index (χ2n) is 6.48. The van der Waals surface area contributed by atoms with Gasteiger partial charge in [-0.25, -0.2) is 9.50 Å². The molecule has 3 rings (SSSR count). The molecule has 0 aromatic carbocycles. The Hall–Kier alpha value is -2.37. The minimum Gasteiger partial charge on any atom is -0.369 e. The van der Waals surface area contributed by atoms with E-state index < -0.39 is 0 Å². The van der Waals surface area contributed by atoms with Crippen molar-refractivity contribution in [3.63, 3.8) is 0 Å². The number of aromatic nitrogens is 3. The smallest absolute Gasteiger partial charge is 0.222 e.